The highest BCUT2D eigenvalue weighted by Gasteiger charge is 2.28. The third-order valence-corrected chi connectivity index (χ3v) is 6.65. The Hall–Kier alpha value is -2.80. The third-order valence-electron chi connectivity index (χ3n) is 4.42. The van der Waals surface area contributed by atoms with E-state index in [2.05, 4.69) is 48.5 Å². The van der Waals surface area contributed by atoms with Crippen molar-refractivity contribution < 1.29 is 23.7 Å². The third kappa shape index (κ3) is 5.42. The molecule has 0 aliphatic carbocycles. The number of esters is 1. The summed E-state index contributed by atoms with van der Waals surface area (Å²) in [7, 11) is -0.218. The zero-order chi connectivity index (χ0) is 20.6. The highest BCUT2D eigenvalue weighted by atomic mass is 32.2. The Morgan fingerprint density at radius 3 is 2.00 bits per heavy atom. The van der Waals surface area contributed by atoms with Crippen LogP contribution in [-0.4, -0.2) is 38.7 Å². The molecule has 30 heavy (non-hydrogen) atoms. The SMILES string of the molecule is O=C(COc1ccc([S+](c2ccccc2)c2ccccc2)cc1)OC1COCCO1. The van der Waals surface area contributed by atoms with Gasteiger partial charge in [-0.15, -0.1) is 0 Å². The summed E-state index contributed by atoms with van der Waals surface area (Å²) in [5.74, 6) is 0.129. The van der Waals surface area contributed by atoms with E-state index in [9.17, 15) is 4.79 Å². The average molecular weight is 424 g/mol. The normalized spacial score (nSPS) is 16.2. The fourth-order valence-corrected chi connectivity index (χ4v) is 5.13. The molecule has 154 valence electrons. The minimum atomic E-state index is -0.657. The molecule has 0 N–H and O–H groups in total. The largest absolute Gasteiger partial charge is 0.482 e. The second kappa shape index (κ2) is 10.3. The van der Waals surface area contributed by atoms with Crippen molar-refractivity contribution in [3.05, 3.63) is 84.9 Å². The Kier molecular flexibility index (Phi) is 7.03. The fraction of sp³-hybridized carbons (Fsp3) is 0.208. The predicted octanol–water partition coefficient (Wildman–Crippen LogP) is 4.08. The van der Waals surface area contributed by atoms with Crippen LogP contribution in [-0.2, 0) is 29.9 Å². The van der Waals surface area contributed by atoms with E-state index in [0.717, 1.165) is 0 Å². The van der Waals surface area contributed by atoms with Gasteiger partial charge in [0.2, 0.25) is 6.29 Å². The van der Waals surface area contributed by atoms with Crippen LogP contribution in [0, 0.1) is 0 Å². The van der Waals surface area contributed by atoms with Crippen LogP contribution in [0.2, 0.25) is 0 Å². The molecule has 1 aliphatic rings. The maximum Gasteiger partial charge on any atom is 0.346 e. The molecule has 0 spiro atoms. The van der Waals surface area contributed by atoms with Crippen LogP contribution < -0.4 is 4.74 Å². The van der Waals surface area contributed by atoms with Crippen LogP contribution in [0.1, 0.15) is 0 Å². The van der Waals surface area contributed by atoms with Crippen LogP contribution in [0.5, 0.6) is 5.75 Å². The van der Waals surface area contributed by atoms with Crippen LogP contribution in [0.3, 0.4) is 0 Å². The fourth-order valence-electron chi connectivity index (χ4n) is 3.05. The standard InChI is InChI=1S/C24H23O5S/c25-23(29-24-18-26-15-16-27-24)17-28-19-11-13-22(14-12-19)30(20-7-3-1-4-8-20)21-9-5-2-6-10-21/h1-14,24H,15-18H2/q+1. The molecule has 0 saturated carbocycles. The monoisotopic (exact) mass is 423 g/mol. The maximum atomic E-state index is 11.9. The highest BCUT2D eigenvalue weighted by Crippen LogP contribution is 2.31. The Morgan fingerprint density at radius 1 is 0.833 bits per heavy atom. The molecule has 1 fully saturated rings. The van der Waals surface area contributed by atoms with Crippen molar-refractivity contribution in [2.45, 2.75) is 21.0 Å². The second-order valence-electron chi connectivity index (χ2n) is 6.56. The lowest BCUT2D eigenvalue weighted by Gasteiger charge is -2.22. The number of ether oxygens (including phenoxy) is 4. The van der Waals surface area contributed by atoms with Crippen molar-refractivity contribution in [1.82, 2.24) is 0 Å². The Morgan fingerprint density at radius 2 is 1.43 bits per heavy atom. The average Bonchev–Trinajstić information content (AvgIpc) is 2.81. The van der Waals surface area contributed by atoms with Gasteiger partial charge in [-0.05, 0) is 48.5 Å². The van der Waals surface area contributed by atoms with Gasteiger partial charge >= 0.3 is 5.97 Å². The van der Waals surface area contributed by atoms with Gasteiger partial charge in [-0.3, -0.25) is 0 Å². The van der Waals surface area contributed by atoms with Crippen LogP contribution in [0.4, 0.5) is 0 Å². The van der Waals surface area contributed by atoms with E-state index in [1.165, 1.54) is 14.7 Å². The van der Waals surface area contributed by atoms with Crippen molar-refractivity contribution in [1.29, 1.82) is 0 Å². The summed E-state index contributed by atoms with van der Waals surface area (Å²) in [4.78, 5) is 15.6. The van der Waals surface area contributed by atoms with Crippen molar-refractivity contribution in [3.8, 4) is 5.75 Å². The zero-order valence-electron chi connectivity index (χ0n) is 16.4. The minimum Gasteiger partial charge on any atom is -0.482 e. The lowest BCUT2D eigenvalue weighted by atomic mass is 10.3. The first-order valence-electron chi connectivity index (χ1n) is 9.76. The molecule has 0 amide bonds. The molecule has 0 aromatic heterocycles. The van der Waals surface area contributed by atoms with Gasteiger partial charge in [0.1, 0.15) is 12.4 Å². The van der Waals surface area contributed by atoms with Gasteiger partial charge in [0.25, 0.3) is 0 Å². The van der Waals surface area contributed by atoms with Crippen molar-refractivity contribution in [2.75, 3.05) is 26.4 Å². The number of hydrogen-bond acceptors (Lipinski definition) is 5. The quantitative estimate of drug-likeness (QED) is 0.423. The molecule has 3 aromatic carbocycles. The first-order valence-corrected chi connectivity index (χ1v) is 11.0. The van der Waals surface area contributed by atoms with Gasteiger partial charge in [-0.25, -0.2) is 4.79 Å². The molecule has 0 radical (unpaired) electrons. The summed E-state index contributed by atoms with van der Waals surface area (Å²) >= 11 is 0. The molecule has 3 aromatic rings. The lowest BCUT2D eigenvalue weighted by Crippen LogP contribution is -2.34. The van der Waals surface area contributed by atoms with E-state index in [0.29, 0.717) is 19.0 Å². The van der Waals surface area contributed by atoms with Gasteiger partial charge in [-0.1, -0.05) is 36.4 Å². The van der Waals surface area contributed by atoms with E-state index >= 15 is 0 Å². The minimum absolute atomic E-state index is 0.178. The molecule has 1 aliphatic heterocycles. The molecule has 0 bridgehead atoms. The molecule has 1 unspecified atom stereocenters. The van der Waals surface area contributed by atoms with Gasteiger partial charge in [0.15, 0.2) is 21.3 Å². The summed E-state index contributed by atoms with van der Waals surface area (Å²) in [5, 5.41) is 0. The first-order chi connectivity index (χ1) is 14.8. The van der Waals surface area contributed by atoms with Crippen LogP contribution in [0.25, 0.3) is 0 Å². The summed E-state index contributed by atoms with van der Waals surface area (Å²) in [6.07, 6.45) is -0.657. The Labute approximate surface area is 178 Å². The number of benzene rings is 3. The second-order valence-corrected chi connectivity index (χ2v) is 8.58. The summed E-state index contributed by atoms with van der Waals surface area (Å²) in [6, 6.07) is 28.7. The van der Waals surface area contributed by atoms with Gasteiger partial charge in [0.05, 0.1) is 24.1 Å². The van der Waals surface area contributed by atoms with Crippen LogP contribution in [0.15, 0.2) is 99.6 Å². The summed E-state index contributed by atoms with van der Waals surface area (Å²) < 4.78 is 21.3. The molecular weight excluding hydrogens is 400 g/mol. The maximum absolute atomic E-state index is 11.9. The van der Waals surface area contributed by atoms with Gasteiger partial charge in [0, 0.05) is 0 Å². The lowest BCUT2D eigenvalue weighted by molar-refractivity contribution is -0.215. The first kappa shape index (κ1) is 20.5. The number of carbonyl (C=O) groups is 1. The smallest absolute Gasteiger partial charge is 0.346 e. The molecule has 1 atom stereocenters. The van der Waals surface area contributed by atoms with Crippen LogP contribution >= 0.6 is 0 Å². The molecular formula is C24H23O5S+. The summed E-state index contributed by atoms with van der Waals surface area (Å²) in [6.45, 7) is 1.01. The molecule has 5 nitrogen and oxygen atoms in total. The predicted molar refractivity (Wildman–Crippen MR) is 114 cm³/mol. The Bertz CT molecular complexity index is 885. The van der Waals surface area contributed by atoms with Crippen molar-refractivity contribution >= 4 is 16.9 Å². The van der Waals surface area contributed by atoms with E-state index in [4.69, 9.17) is 18.9 Å². The summed E-state index contributed by atoms with van der Waals surface area (Å²) in [5.41, 5.74) is 0. The number of hydrogen-bond donors (Lipinski definition) is 0. The number of carbonyl (C=O) groups excluding carboxylic acids is 1. The van der Waals surface area contributed by atoms with E-state index < -0.39 is 12.3 Å². The van der Waals surface area contributed by atoms with Gasteiger partial charge < -0.3 is 18.9 Å². The molecule has 4 rings (SSSR count). The molecule has 6 heteroatoms. The van der Waals surface area contributed by atoms with Crippen molar-refractivity contribution in [3.63, 3.8) is 0 Å². The topological polar surface area (TPSA) is 54.0 Å². The van der Waals surface area contributed by atoms with E-state index in [1.807, 2.05) is 36.4 Å². The molecule has 1 saturated heterocycles. The van der Waals surface area contributed by atoms with E-state index in [1.54, 1.807) is 0 Å². The Balaban J connectivity index is 1.42. The van der Waals surface area contributed by atoms with Crippen molar-refractivity contribution in [2.24, 2.45) is 0 Å². The van der Waals surface area contributed by atoms with E-state index in [-0.39, 0.29) is 24.1 Å². The highest BCUT2D eigenvalue weighted by molar-refractivity contribution is 7.97. The van der Waals surface area contributed by atoms with Gasteiger partial charge in [-0.2, -0.15) is 0 Å². The molecule has 1 heterocycles. The zero-order valence-corrected chi connectivity index (χ0v) is 17.3. The number of rotatable bonds is 7.